The second kappa shape index (κ2) is 7.57. The molecule has 1 aliphatic rings. The molecule has 1 heterocycles. The molecule has 1 fully saturated rings. The van der Waals surface area contributed by atoms with Crippen LogP contribution >= 0.6 is 0 Å². The summed E-state index contributed by atoms with van der Waals surface area (Å²) in [6.45, 7) is 1.65. The van der Waals surface area contributed by atoms with Crippen LogP contribution in [0.25, 0.3) is 0 Å². The largest absolute Gasteiger partial charge is 0.416 e. The Morgan fingerprint density at radius 1 is 1.25 bits per heavy atom. The first-order chi connectivity index (χ1) is 13.2. The van der Waals surface area contributed by atoms with Gasteiger partial charge in [0.25, 0.3) is 5.91 Å². The van der Waals surface area contributed by atoms with Gasteiger partial charge < -0.3 is 4.90 Å². The molecule has 28 heavy (non-hydrogen) atoms. The van der Waals surface area contributed by atoms with Gasteiger partial charge >= 0.3 is 6.18 Å². The van der Waals surface area contributed by atoms with E-state index in [4.69, 9.17) is 0 Å². The number of hydrogen-bond donors (Lipinski definition) is 1. The molecular weight excluding hydrogens is 373 g/mol. The van der Waals surface area contributed by atoms with Gasteiger partial charge in [-0.1, -0.05) is 6.92 Å². The first kappa shape index (κ1) is 19.8. The number of carbonyl (C=O) groups is 2. The minimum Gasteiger partial charge on any atom is -0.332 e. The molecule has 0 saturated heterocycles. The number of rotatable bonds is 5. The minimum atomic E-state index is -4.48. The van der Waals surface area contributed by atoms with Crippen LogP contribution in [0.15, 0.2) is 36.7 Å². The SMILES string of the molecule is C[C@H]1C[C@H]1c1cc(C(F)(F)F)ccc1C(=O)N(C)CC(=O)Nc1ncccn1. The van der Waals surface area contributed by atoms with Crippen LogP contribution in [0.3, 0.4) is 0 Å². The lowest BCUT2D eigenvalue weighted by atomic mass is 9.98. The molecule has 1 aliphatic carbocycles. The van der Waals surface area contributed by atoms with Crippen LogP contribution in [0.2, 0.25) is 0 Å². The number of nitrogens with zero attached hydrogens (tertiary/aromatic N) is 3. The highest BCUT2D eigenvalue weighted by atomic mass is 19.4. The lowest BCUT2D eigenvalue weighted by Gasteiger charge is -2.19. The maximum atomic E-state index is 13.1. The second-order valence-corrected chi connectivity index (χ2v) is 6.90. The molecule has 9 heteroatoms. The van der Waals surface area contributed by atoms with Crippen LogP contribution in [0.5, 0.6) is 0 Å². The van der Waals surface area contributed by atoms with Gasteiger partial charge in [-0.3, -0.25) is 14.9 Å². The van der Waals surface area contributed by atoms with E-state index in [1.165, 1.54) is 25.5 Å². The first-order valence-corrected chi connectivity index (χ1v) is 8.70. The van der Waals surface area contributed by atoms with E-state index in [-0.39, 0.29) is 29.9 Å². The third-order valence-corrected chi connectivity index (χ3v) is 4.66. The number of carbonyl (C=O) groups excluding carboxylic acids is 2. The fourth-order valence-corrected chi connectivity index (χ4v) is 3.02. The van der Waals surface area contributed by atoms with E-state index in [1.807, 2.05) is 6.92 Å². The zero-order valence-electron chi connectivity index (χ0n) is 15.3. The Labute approximate surface area is 159 Å². The maximum Gasteiger partial charge on any atom is 0.416 e. The molecule has 1 saturated carbocycles. The average molecular weight is 392 g/mol. The van der Waals surface area contributed by atoms with Crippen molar-refractivity contribution in [3.8, 4) is 0 Å². The van der Waals surface area contributed by atoms with E-state index >= 15 is 0 Å². The number of amides is 2. The van der Waals surface area contributed by atoms with E-state index < -0.39 is 23.6 Å². The Hall–Kier alpha value is -2.97. The van der Waals surface area contributed by atoms with Crippen LogP contribution in [0, 0.1) is 5.92 Å². The summed E-state index contributed by atoms with van der Waals surface area (Å²) in [4.78, 5) is 33.8. The molecule has 0 unspecified atom stereocenters. The molecule has 1 N–H and O–H groups in total. The molecule has 1 aromatic heterocycles. The predicted molar refractivity (Wildman–Crippen MR) is 95.6 cm³/mol. The summed E-state index contributed by atoms with van der Waals surface area (Å²) < 4.78 is 39.2. The van der Waals surface area contributed by atoms with Crippen molar-refractivity contribution in [1.29, 1.82) is 0 Å². The number of aromatic nitrogens is 2. The fourth-order valence-electron chi connectivity index (χ4n) is 3.02. The lowest BCUT2D eigenvalue weighted by Crippen LogP contribution is -2.35. The van der Waals surface area contributed by atoms with Crippen molar-refractivity contribution in [3.05, 3.63) is 53.3 Å². The fraction of sp³-hybridized carbons (Fsp3) is 0.368. The highest BCUT2D eigenvalue weighted by molar-refractivity contribution is 5.99. The quantitative estimate of drug-likeness (QED) is 0.847. The molecule has 2 amide bonds. The zero-order valence-corrected chi connectivity index (χ0v) is 15.3. The van der Waals surface area contributed by atoms with Crippen molar-refractivity contribution < 1.29 is 22.8 Å². The van der Waals surface area contributed by atoms with E-state index in [9.17, 15) is 22.8 Å². The molecule has 1 aromatic carbocycles. The van der Waals surface area contributed by atoms with Crippen LogP contribution in [0.4, 0.5) is 19.1 Å². The minimum absolute atomic E-state index is 0.0822. The zero-order chi connectivity index (χ0) is 20.5. The normalized spacial score (nSPS) is 18.5. The molecule has 6 nitrogen and oxygen atoms in total. The van der Waals surface area contributed by atoms with Crippen LogP contribution < -0.4 is 5.32 Å². The van der Waals surface area contributed by atoms with Crippen molar-refractivity contribution >= 4 is 17.8 Å². The number of benzene rings is 1. The number of anilines is 1. The van der Waals surface area contributed by atoms with Crippen molar-refractivity contribution in [2.45, 2.75) is 25.4 Å². The summed E-state index contributed by atoms with van der Waals surface area (Å²) in [6, 6.07) is 4.74. The molecular formula is C19H19F3N4O2. The highest BCUT2D eigenvalue weighted by Crippen LogP contribution is 2.49. The Morgan fingerprint density at radius 3 is 2.46 bits per heavy atom. The van der Waals surface area contributed by atoms with E-state index in [2.05, 4.69) is 15.3 Å². The Morgan fingerprint density at radius 2 is 1.89 bits per heavy atom. The highest BCUT2D eigenvalue weighted by Gasteiger charge is 2.39. The maximum absolute atomic E-state index is 13.1. The van der Waals surface area contributed by atoms with E-state index in [0.29, 0.717) is 5.56 Å². The molecule has 148 valence electrons. The lowest BCUT2D eigenvalue weighted by molar-refractivity contribution is -0.137. The summed E-state index contributed by atoms with van der Waals surface area (Å²) >= 11 is 0. The van der Waals surface area contributed by atoms with Gasteiger partial charge in [0.05, 0.1) is 12.1 Å². The third-order valence-electron chi connectivity index (χ3n) is 4.66. The number of nitrogens with one attached hydrogen (secondary N) is 1. The molecule has 0 bridgehead atoms. The van der Waals surface area contributed by atoms with Gasteiger partial charge in [0.2, 0.25) is 11.9 Å². The van der Waals surface area contributed by atoms with Crippen molar-refractivity contribution in [3.63, 3.8) is 0 Å². The molecule has 0 spiro atoms. The van der Waals surface area contributed by atoms with Gasteiger partial charge in [-0.15, -0.1) is 0 Å². The molecule has 2 atom stereocenters. The van der Waals surface area contributed by atoms with Gasteiger partial charge in [-0.25, -0.2) is 9.97 Å². The molecule has 0 aliphatic heterocycles. The van der Waals surface area contributed by atoms with Gasteiger partial charge in [0.15, 0.2) is 0 Å². The van der Waals surface area contributed by atoms with Gasteiger partial charge in [-0.05, 0) is 48.1 Å². The number of likely N-dealkylation sites (N-methyl/N-ethyl adjacent to an activating group) is 1. The van der Waals surface area contributed by atoms with Crippen molar-refractivity contribution in [2.75, 3.05) is 18.9 Å². The van der Waals surface area contributed by atoms with E-state index in [1.54, 1.807) is 6.07 Å². The van der Waals surface area contributed by atoms with Gasteiger partial charge in [0.1, 0.15) is 0 Å². The average Bonchev–Trinajstić information content (AvgIpc) is 3.37. The summed E-state index contributed by atoms with van der Waals surface area (Å²) in [5.74, 6) is -0.766. The van der Waals surface area contributed by atoms with Gasteiger partial charge in [0, 0.05) is 25.0 Å². The number of halogens is 3. The third kappa shape index (κ3) is 4.47. The summed E-state index contributed by atoms with van der Waals surface area (Å²) in [7, 11) is 1.42. The Balaban J connectivity index is 1.76. The van der Waals surface area contributed by atoms with Crippen molar-refractivity contribution in [2.24, 2.45) is 5.92 Å². The summed E-state index contributed by atoms with van der Waals surface area (Å²) in [5, 5.41) is 2.46. The van der Waals surface area contributed by atoms with Crippen LogP contribution in [-0.4, -0.2) is 40.3 Å². The Bertz CT molecular complexity index is 886. The van der Waals surface area contributed by atoms with Gasteiger partial charge in [-0.2, -0.15) is 13.2 Å². The van der Waals surface area contributed by atoms with E-state index in [0.717, 1.165) is 23.5 Å². The molecule has 2 aromatic rings. The topological polar surface area (TPSA) is 75.2 Å². The number of hydrogen-bond acceptors (Lipinski definition) is 4. The second-order valence-electron chi connectivity index (χ2n) is 6.90. The summed E-state index contributed by atoms with van der Waals surface area (Å²) in [5.41, 5.74) is -0.209. The summed E-state index contributed by atoms with van der Waals surface area (Å²) in [6.07, 6.45) is -0.821. The Kier molecular flexibility index (Phi) is 5.35. The molecule has 0 radical (unpaired) electrons. The molecule has 3 rings (SSSR count). The van der Waals surface area contributed by atoms with Crippen LogP contribution in [-0.2, 0) is 11.0 Å². The predicted octanol–water partition coefficient (Wildman–Crippen LogP) is 3.33. The smallest absolute Gasteiger partial charge is 0.332 e. The van der Waals surface area contributed by atoms with Crippen LogP contribution in [0.1, 0.15) is 40.7 Å². The van der Waals surface area contributed by atoms with Crippen molar-refractivity contribution in [1.82, 2.24) is 14.9 Å². The monoisotopic (exact) mass is 392 g/mol. The first-order valence-electron chi connectivity index (χ1n) is 8.70. The number of alkyl halides is 3. The standard InChI is InChI=1S/C19H19F3N4O2/c1-11-8-14(11)15-9-12(19(20,21)22)4-5-13(15)17(28)26(2)10-16(27)25-18-23-6-3-7-24-18/h3-7,9,11,14H,8,10H2,1-2H3,(H,23,24,25,27)/t11-,14+/m0/s1.